The number of hydrogen-bond donors (Lipinski definition) is 0. The lowest BCUT2D eigenvalue weighted by Gasteiger charge is -2.46. The molecule has 2 aliphatic heterocycles. The van der Waals surface area contributed by atoms with Gasteiger partial charge in [0.15, 0.2) is 0 Å². The van der Waals surface area contributed by atoms with Crippen LogP contribution in [0.1, 0.15) is 51.7 Å². The van der Waals surface area contributed by atoms with Gasteiger partial charge in [0.2, 0.25) is 5.91 Å². The molecule has 1 spiro atoms. The number of carbonyl (C=O) groups excluding carboxylic acids is 2. The summed E-state index contributed by atoms with van der Waals surface area (Å²) in [5.74, 6) is 1.52. The maximum Gasteiger partial charge on any atom is 0.410 e. The number of anilines is 1. The molecule has 0 bridgehead atoms. The van der Waals surface area contributed by atoms with Crippen LogP contribution in [-0.2, 0) is 21.5 Å². The van der Waals surface area contributed by atoms with Crippen LogP contribution < -0.4 is 14.4 Å². The molecule has 2 aromatic rings. The van der Waals surface area contributed by atoms with Crippen molar-refractivity contribution in [3.63, 3.8) is 0 Å². The SMILES string of the molecule is CCCCOc1ccc2c(c1)N(Cc1ccc(OC)cc1)C(=O)C21CN(C(=O)OC(C)(C)C)C1. The Kier molecular flexibility index (Phi) is 6.47. The Morgan fingerprint density at radius 1 is 1.06 bits per heavy atom. The van der Waals surface area contributed by atoms with E-state index in [1.165, 1.54) is 0 Å². The highest BCUT2D eigenvalue weighted by molar-refractivity contribution is 6.10. The van der Waals surface area contributed by atoms with Crippen molar-refractivity contribution in [3.8, 4) is 11.5 Å². The number of carbonyl (C=O) groups is 2. The summed E-state index contributed by atoms with van der Waals surface area (Å²) in [6.45, 7) is 9.33. The Hall–Kier alpha value is -3.22. The van der Waals surface area contributed by atoms with Crippen molar-refractivity contribution >= 4 is 17.7 Å². The Morgan fingerprint density at radius 3 is 2.35 bits per heavy atom. The van der Waals surface area contributed by atoms with E-state index in [9.17, 15) is 9.59 Å². The number of nitrogens with zero attached hydrogens (tertiary/aromatic N) is 2. The van der Waals surface area contributed by atoms with E-state index in [0.717, 1.165) is 41.2 Å². The molecule has 2 amide bonds. The van der Waals surface area contributed by atoms with Crippen LogP contribution in [0.25, 0.3) is 0 Å². The van der Waals surface area contributed by atoms with Gasteiger partial charge in [-0.25, -0.2) is 4.79 Å². The lowest BCUT2D eigenvalue weighted by atomic mass is 9.75. The van der Waals surface area contributed by atoms with Crippen LogP contribution in [0.3, 0.4) is 0 Å². The average Bonchev–Trinajstić information content (AvgIpc) is 3.00. The number of fused-ring (bicyclic) bond motifs is 2. The summed E-state index contributed by atoms with van der Waals surface area (Å²) in [4.78, 5) is 29.8. The average molecular weight is 467 g/mol. The fourth-order valence-electron chi connectivity index (χ4n) is 4.48. The van der Waals surface area contributed by atoms with Crippen molar-refractivity contribution in [2.75, 3.05) is 31.7 Å². The molecular formula is C27H34N2O5. The van der Waals surface area contributed by atoms with E-state index in [0.29, 0.717) is 26.2 Å². The zero-order valence-corrected chi connectivity index (χ0v) is 20.7. The van der Waals surface area contributed by atoms with Crippen molar-refractivity contribution < 1.29 is 23.8 Å². The van der Waals surface area contributed by atoms with Crippen LogP contribution in [0.5, 0.6) is 11.5 Å². The Labute approximate surface area is 201 Å². The first-order valence-corrected chi connectivity index (χ1v) is 11.9. The van der Waals surface area contributed by atoms with Gasteiger partial charge < -0.3 is 24.0 Å². The third-order valence-electron chi connectivity index (χ3n) is 6.27. The topological polar surface area (TPSA) is 68.3 Å². The molecule has 0 radical (unpaired) electrons. The second kappa shape index (κ2) is 9.20. The van der Waals surface area contributed by atoms with Gasteiger partial charge in [-0.3, -0.25) is 4.79 Å². The molecule has 0 aromatic heterocycles. The second-order valence-corrected chi connectivity index (χ2v) is 10.0. The van der Waals surface area contributed by atoms with E-state index in [1.54, 1.807) is 12.0 Å². The lowest BCUT2D eigenvalue weighted by Crippen LogP contribution is -2.65. The van der Waals surface area contributed by atoms with E-state index in [4.69, 9.17) is 14.2 Å². The molecule has 34 heavy (non-hydrogen) atoms. The summed E-state index contributed by atoms with van der Waals surface area (Å²) in [5.41, 5.74) is 1.45. The van der Waals surface area contributed by atoms with Gasteiger partial charge in [0.25, 0.3) is 0 Å². The molecular weight excluding hydrogens is 432 g/mol. The number of rotatable bonds is 7. The molecule has 2 aromatic carbocycles. The first-order valence-electron chi connectivity index (χ1n) is 11.9. The van der Waals surface area contributed by atoms with Gasteiger partial charge in [-0.15, -0.1) is 0 Å². The van der Waals surface area contributed by atoms with E-state index in [2.05, 4.69) is 6.92 Å². The number of methoxy groups -OCH3 is 1. The number of unbranched alkanes of at least 4 members (excludes halogenated alkanes) is 1. The zero-order chi connectivity index (χ0) is 24.5. The predicted octanol–water partition coefficient (Wildman–Crippen LogP) is 4.91. The van der Waals surface area contributed by atoms with Crippen LogP contribution >= 0.6 is 0 Å². The summed E-state index contributed by atoms with van der Waals surface area (Å²) in [6.07, 6.45) is 1.64. The van der Waals surface area contributed by atoms with Crippen LogP contribution in [0.2, 0.25) is 0 Å². The summed E-state index contributed by atoms with van der Waals surface area (Å²) < 4.78 is 16.7. The Bertz CT molecular complexity index is 1050. The van der Waals surface area contributed by atoms with Crippen LogP contribution in [0.4, 0.5) is 10.5 Å². The van der Waals surface area contributed by atoms with Crippen molar-refractivity contribution in [3.05, 3.63) is 53.6 Å². The smallest absolute Gasteiger partial charge is 0.410 e. The third-order valence-corrected chi connectivity index (χ3v) is 6.27. The Morgan fingerprint density at radius 2 is 1.74 bits per heavy atom. The van der Waals surface area contributed by atoms with Crippen LogP contribution in [-0.4, -0.2) is 49.3 Å². The van der Waals surface area contributed by atoms with E-state index in [-0.39, 0.29) is 12.0 Å². The maximum absolute atomic E-state index is 13.8. The van der Waals surface area contributed by atoms with Gasteiger partial charge >= 0.3 is 6.09 Å². The number of benzene rings is 2. The van der Waals surface area contributed by atoms with Gasteiger partial charge in [0, 0.05) is 19.2 Å². The highest BCUT2D eigenvalue weighted by atomic mass is 16.6. The second-order valence-electron chi connectivity index (χ2n) is 10.0. The summed E-state index contributed by atoms with van der Waals surface area (Å²) >= 11 is 0. The lowest BCUT2D eigenvalue weighted by molar-refractivity contribution is -0.129. The molecule has 0 atom stereocenters. The normalized spacial score (nSPS) is 16.3. The highest BCUT2D eigenvalue weighted by Gasteiger charge is 2.59. The Balaban J connectivity index is 1.61. The van der Waals surface area contributed by atoms with E-state index < -0.39 is 11.0 Å². The predicted molar refractivity (Wildman–Crippen MR) is 131 cm³/mol. The van der Waals surface area contributed by atoms with Gasteiger partial charge in [-0.2, -0.15) is 0 Å². The molecule has 1 saturated heterocycles. The molecule has 1 fully saturated rings. The molecule has 7 nitrogen and oxygen atoms in total. The molecule has 2 aliphatic rings. The van der Waals surface area contributed by atoms with Gasteiger partial charge in [0.1, 0.15) is 22.5 Å². The van der Waals surface area contributed by atoms with Gasteiger partial charge in [0.05, 0.1) is 25.9 Å². The molecule has 4 rings (SSSR count). The van der Waals surface area contributed by atoms with Gasteiger partial charge in [-0.05, 0) is 56.5 Å². The highest BCUT2D eigenvalue weighted by Crippen LogP contribution is 2.49. The van der Waals surface area contributed by atoms with Crippen LogP contribution in [0, 0.1) is 0 Å². The minimum absolute atomic E-state index is 0.00355. The molecule has 0 aliphatic carbocycles. The largest absolute Gasteiger partial charge is 0.497 e. The maximum atomic E-state index is 13.8. The minimum Gasteiger partial charge on any atom is -0.497 e. The molecule has 0 saturated carbocycles. The fourth-order valence-corrected chi connectivity index (χ4v) is 4.48. The number of hydrogen-bond acceptors (Lipinski definition) is 5. The summed E-state index contributed by atoms with van der Waals surface area (Å²) in [5, 5.41) is 0. The number of amides is 2. The molecule has 2 heterocycles. The molecule has 7 heteroatoms. The van der Waals surface area contributed by atoms with E-state index >= 15 is 0 Å². The standard InChI is InChI=1S/C27H34N2O5/c1-6-7-14-33-21-12-13-22-23(15-21)29(16-19-8-10-20(32-5)11-9-19)24(30)27(22)17-28(18-27)25(31)34-26(2,3)4/h8-13,15H,6-7,14,16-18H2,1-5H3. The van der Waals surface area contributed by atoms with E-state index in [1.807, 2.05) is 68.1 Å². The van der Waals surface area contributed by atoms with Crippen LogP contribution in [0.15, 0.2) is 42.5 Å². The number of likely N-dealkylation sites (tertiary alicyclic amines) is 1. The van der Waals surface area contributed by atoms with Crippen molar-refractivity contribution in [2.45, 2.75) is 58.1 Å². The summed E-state index contributed by atoms with van der Waals surface area (Å²) in [7, 11) is 1.63. The third kappa shape index (κ3) is 4.56. The van der Waals surface area contributed by atoms with Crippen molar-refractivity contribution in [1.29, 1.82) is 0 Å². The number of ether oxygens (including phenoxy) is 3. The fraction of sp³-hybridized carbons (Fsp3) is 0.481. The van der Waals surface area contributed by atoms with Crippen molar-refractivity contribution in [2.24, 2.45) is 0 Å². The first kappa shape index (κ1) is 23.9. The van der Waals surface area contributed by atoms with Gasteiger partial charge in [-0.1, -0.05) is 31.5 Å². The molecule has 0 N–H and O–H groups in total. The molecule has 0 unspecified atom stereocenters. The first-order chi connectivity index (χ1) is 16.2. The summed E-state index contributed by atoms with van der Waals surface area (Å²) in [6, 6.07) is 13.6. The molecule has 182 valence electrons. The zero-order valence-electron chi connectivity index (χ0n) is 20.7. The monoisotopic (exact) mass is 466 g/mol. The quantitative estimate of drug-likeness (QED) is 0.543. The minimum atomic E-state index is -0.749. The van der Waals surface area contributed by atoms with Crippen molar-refractivity contribution in [1.82, 2.24) is 4.90 Å².